The van der Waals surface area contributed by atoms with Crippen LogP contribution in [0.1, 0.15) is 6.42 Å². The van der Waals surface area contributed by atoms with Gasteiger partial charge in [0, 0.05) is 18.0 Å². The summed E-state index contributed by atoms with van der Waals surface area (Å²) in [6, 6.07) is 2.61. The third-order valence-corrected chi connectivity index (χ3v) is 5.74. The lowest BCUT2D eigenvalue weighted by Crippen LogP contribution is -2.34. The zero-order valence-electron chi connectivity index (χ0n) is 13.2. The standard InChI is InChI=1S/C15H15ClFN3O3S2/c1-23-12(21)7-25-11-6-10(9(17)5-8(11)16)18-14-13(24)15(22)20-4-2-3-19(14)20/h5-6,13,24H,2-4,7H2,1H3. The van der Waals surface area contributed by atoms with Crippen LogP contribution in [0.3, 0.4) is 0 Å². The number of hydrogen-bond donors (Lipinski definition) is 1. The van der Waals surface area contributed by atoms with Gasteiger partial charge in [-0.05, 0) is 18.6 Å². The van der Waals surface area contributed by atoms with Crippen molar-refractivity contribution in [2.24, 2.45) is 4.99 Å². The van der Waals surface area contributed by atoms with Gasteiger partial charge in [-0.3, -0.25) is 19.6 Å². The number of rotatable bonds is 4. The van der Waals surface area contributed by atoms with Gasteiger partial charge in [-0.25, -0.2) is 9.38 Å². The summed E-state index contributed by atoms with van der Waals surface area (Å²) >= 11 is 11.5. The number of benzene rings is 1. The minimum atomic E-state index is -0.721. The molecule has 25 heavy (non-hydrogen) atoms. The van der Waals surface area contributed by atoms with Crippen molar-refractivity contribution in [2.75, 3.05) is 26.0 Å². The van der Waals surface area contributed by atoms with Crippen molar-refractivity contribution in [2.45, 2.75) is 16.6 Å². The van der Waals surface area contributed by atoms with Crippen molar-refractivity contribution < 1.29 is 18.7 Å². The highest BCUT2D eigenvalue weighted by molar-refractivity contribution is 8.00. The van der Waals surface area contributed by atoms with Crippen LogP contribution < -0.4 is 0 Å². The smallest absolute Gasteiger partial charge is 0.315 e. The van der Waals surface area contributed by atoms with Crippen molar-refractivity contribution >= 4 is 59.4 Å². The number of ether oxygens (including phenoxy) is 1. The van der Waals surface area contributed by atoms with Crippen LogP contribution in [-0.2, 0) is 14.3 Å². The zero-order chi connectivity index (χ0) is 18.1. The molecule has 0 N–H and O–H groups in total. The molecule has 2 saturated heterocycles. The van der Waals surface area contributed by atoms with Crippen LogP contribution >= 0.6 is 36.0 Å². The molecule has 2 aliphatic rings. The van der Waals surface area contributed by atoms with E-state index in [9.17, 15) is 14.0 Å². The molecule has 0 bridgehead atoms. The van der Waals surface area contributed by atoms with E-state index < -0.39 is 17.0 Å². The molecule has 2 fully saturated rings. The van der Waals surface area contributed by atoms with Crippen LogP contribution in [0.15, 0.2) is 22.0 Å². The molecule has 1 unspecified atom stereocenters. The van der Waals surface area contributed by atoms with E-state index in [0.717, 1.165) is 24.2 Å². The lowest BCUT2D eigenvalue weighted by molar-refractivity contribution is -0.137. The number of carbonyl (C=O) groups excluding carboxylic acids is 2. The summed E-state index contributed by atoms with van der Waals surface area (Å²) in [5, 5.41) is 2.77. The van der Waals surface area contributed by atoms with E-state index in [-0.39, 0.29) is 22.4 Å². The number of carbonyl (C=O) groups is 2. The van der Waals surface area contributed by atoms with Crippen molar-refractivity contribution in [1.29, 1.82) is 0 Å². The van der Waals surface area contributed by atoms with E-state index in [2.05, 4.69) is 22.4 Å². The molecule has 0 aliphatic carbocycles. The average molecular weight is 404 g/mol. The maximum Gasteiger partial charge on any atom is 0.315 e. The first-order chi connectivity index (χ1) is 11.9. The van der Waals surface area contributed by atoms with Crippen molar-refractivity contribution in [3.63, 3.8) is 0 Å². The Morgan fingerprint density at radius 3 is 2.92 bits per heavy atom. The summed E-state index contributed by atoms with van der Waals surface area (Å²) in [4.78, 5) is 28.3. The van der Waals surface area contributed by atoms with E-state index in [4.69, 9.17) is 11.6 Å². The van der Waals surface area contributed by atoms with Crippen LogP contribution in [0.2, 0.25) is 5.02 Å². The van der Waals surface area contributed by atoms with Gasteiger partial charge in [0.25, 0.3) is 5.91 Å². The molecule has 0 radical (unpaired) electrons. The topological polar surface area (TPSA) is 62.2 Å². The third-order valence-electron chi connectivity index (χ3n) is 3.84. The zero-order valence-corrected chi connectivity index (χ0v) is 15.7. The molecule has 1 atom stereocenters. The van der Waals surface area contributed by atoms with E-state index in [0.29, 0.717) is 23.8 Å². The number of amides is 1. The van der Waals surface area contributed by atoms with Crippen LogP contribution in [-0.4, -0.2) is 58.9 Å². The Morgan fingerprint density at radius 1 is 1.48 bits per heavy atom. The summed E-state index contributed by atoms with van der Waals surface area (Å²) < 4.78 is 18.9. The molecular weight excluding hydrogens is 389 g/mol. The molecule has 0 saturated carbocycles. The Hall–Kier alpha value is -1.45. The van der Waals surface area contributed by atoms with Crippen LogP contribution in [0.4, 0.5) is 10.1 Å². The van der Waals surface area contributed by atoms with E-state index in [1.165, 1.54) is 13.2 Å². The summed E-state index contributed by atoms with van der Waals surface area (Å²) in [6.45, 7) is 1.25. The quantitative estimate of drug-likeness (QED) is 0.475. The molecule has 1 amide bonds. The number of halogens is 2. The number of amidine groups is 1. The van der Waals surface area contributed by atoms with Crippen molar-refractivity contribution in [3.8, 4) is 0 Å². The Morgan fingerprint density at radius 2 is 2.20 bits per heavy atom. The van der Waals surface area contributed by atoms with Gasteiger partial charge in [0.05, 0.1) is 17.9 Å². The highest BCUT2D eigenvalue weighted by Crippen LogP contribution is 2.35. The van der Waals surface area contributed by atoms with Crippen LogP contribution in [0.25, 0.3) is 0 Å². The second kappa shape index (κ2) is 7.43. The van der Waals surface area contributed by atoms with Gasteiger partial charge in [0.1, 0.15) is 22.6 Å². The second-order valence-electron chi connectivity index (χ2n) is 5.41. The molecule has 2 aliphatic heterocycles. The van der Waals surface area contributed by atoms with Crippen molar-refractivity contribution in [3.05, 3.63) is 23.0 Å². The Labute approximate surface area is 158 Å². The van der Waals surface area contributed by atoms with Gasteiger partial charge in [-0.15, -0.1) is 11.8 Å². The van der Waals surface area contributed by atoms with Gasteiger partial charge < -0.3 is 4.74 Å². The fraction of sp³-hybridized carbons (Fsp3) is 0.400. The molecule has 6 nitrogen and oxygen atoms in total. The molecule has 0 spiro atoms. The number of fused-ring (bicyclic) bond motifs is 1. The van der Waals surface area contributed by atoms with Gasteiger partial charge in [0.2, 0.25) is 0 Å². The highest BCUT2D eigenvalue weighted by atomic mass is 35.5. The van der Waals surface area contributed by atoms with Gasteiger partial charge in [-0.1, -0.05) is 11.6 Å². The maximum atomic E-state index is 14.3. The number of hydrogen-bond acceptors (Lipinski definition) is 6. The van der Waals surface area contributed by atoms with Crippen molar-refractivity contribution in [1.82, 2.24) is 10.0 Å². The monoisotopic (exact) mass is 403 g/mol. The maximum absolute atomic E-state index is 14.3. The first-order valence-corrected chi connectivity index (χ1v) is 9.34. The molecule has 0 aromatic heterocycles. The minimum Gasteiger partial charge on any atom is -0.468 e. The third kappa shape index (κ3) is 3.58. The number of methoxy groups -OCH3 is 1. The van der Waals surface area contributed by atoms with Crippen LogP contribution in [0, 0.1) is 5.82 Å². The predicted molar refractivity (Wildman–Crippen MR) is 97.1 cm³/mol. The highest BCUT2D eigenvalue weighted by Gasteiger charge is 2.44. The summed E-state index contributed by atoms with van der Waals surface area (Å²) in [6.07, 6.45) is 0.828. The second-order valence-corrected chi connectivity index (χ2v) is 7.35. The SMILES string of the molecule is COC(=O)CSc1cc(N=C2C(S)C(=O)N3CCCN23)c(F)cc1Cl. The number of hydrazine groups is 1. The van der Waals surface area contributed by atoms with E-state index >= 15 is 0 Å². The first kappa shape index (κ1) is 18.3. The molecular formula is C15H15ClFN3O3S2. The molecule has 1 aromatic carbocycles. The summed E-state index contributed by atoms with van der Waals surface area (Å²) in [5.41, 5.74) is 0.0485. The minimum absolute atomic E-state index is 0.0471. The summed E-state index contributed by atoms with van der Waals surface area (Å²) in [7, 11) is 1.29. The Bertz CT molecular complexity index is 762. The Kier molecular flexibility index (Phi) is 5.45. The lowest BCUT2D eigenvalue weighted by Gasteiger charge is -2.20. The van der Waals surface area contributed by atoms with Crippen LogP contribution in [0.5, 0.6) is 0 Å². The molecule has 2 heterocycles. The predicted octanol–water partition coefficient (Wildman–Crippen LogP) is 2.54. The molecule has 10 heteroatoms. The Balaban J connectivity index is 1.91. The number of esters is 1. The largest absolute Gasteiger partial charge is 0.468 e. The number of nitrogens with zero attached hydrogens (tertiary/aromatic N) is 3. The average Bonchev–Trinajstić information content (AvgIpc) is 3.14. The van der Waals surface area contributed by atoms with Gasteiger partial charge in [-0.2, -0.15) is 12.6 Å². The van der Waals surface area contributed by atoms with E-state index in [1.807, 2.05) is 0 Å². The first-order valence-electron chi connectivity index (χ1n) is 7.46. The lowest BCUT2D eigenvalue weighted by atomic mass is 10.3. The fourth-order valence-electron chi connectivity index (χ4n) is 2.62. The normalized spacial score (nSPS) is 21.2. The summed E-state index contributed by atoms with van der Waals surface area (Å²) in [5.74, 6) is -0.732. The molecule has 1 aromatic rings. The number of thioether (sulfide) groups is 1. The number of thiol groups is 1. The van der Waals surface area contributed by atoms with Gasteiger partial charge >= 0.3 is 5.97 Å². The molecule has 134 valence electrons. The van der Waals surface area contributed by atoms with E-state index in [1.54, 1.807) is 10.0 Å². The molecule has 3 rings (SSSR count). The number of aliphatic imine (C=N–C) groups is 1. The fourth-order valence-corrected chi connectivity index (χ4v) is 4.05. The van der Waals surface area contributed by atoms with Gasteiger partial charge in [0.15, 0.2) is 0 Å².